The van der Waals surface area contributed by atoms with Crippen molar-refractivity contribution in [2.45, 2.75) is 46.1 Å². The molecule has 0 aliphatic carbocycles. The molecule has 24 heavy (non-hydrogen) atoms. The second-order valence-electron chi connectivity index (χ2n) is 6.00. The number of carbonyl (C=O) groups excluding carboxylic acids is 2. The van der Waals surface area contributed by atoms with E-state index in [2.05, 4.69) is 24.5 Å². The molecule has 2 rings (SSSR count). The van der Waals surface area contributed by atoms with E-state index in [0.29, 0.717) is 24.0 Å². The Morgan fingerprint density at radius 3 is 2.62 bits per heavy atom. The third-order valence-electron chi connectivity index (χ3n) is 4.19. The van der Waals surface area contributed by atoms with Crippen LogP contribution in [0.15, 0.2) is 18.2 Å². The number of hydrogen-bond donors (Lipinski definition) is 2. The average molecular weight is 334 g/mol. The van der Waals surface area contributed by atoms with Gasteiger partial charge in [-0.3, -0.25) is 9.59 Å². The molecule has 0 spiro atoms. The Hall–Kier alpha value is -2.24. The maximum Gasteiger partial charge on any atom is 0.309 e. The third-order valence-corrected chi connectivity index (χ3v) is 4.19. The summed E-state index contributed by atoms with van der Waals surface area (Å²) < 4.78 is 10.5. The third kappa shape index (κ3) is 5.15. The van der Waals surface area contributed by atoms with Crippen molar-refractivity contribution >= 4 is 11.8 Å². The van der Waals surface area contributed by atoms with Crippen LogP contribution < -0.4 is 20.1 Å². The van der Waals surface area contributed by atoms with Gasteiger partial charge in [-0.15, -0.1) is 0 Å². The summed E-state index contributed by atoms with van der Waals surface area (Å²) in [5.41, 5.74) is 0.856. The Morgan fingerprint density at radius 2 is 1.88 bits per heavy atom. The number of rotatable bonds is 8. The van der Waals surface area contributed by atoms with Crippen LogP contribution in [0.25, 0.3) is 0 Å². The summed E-state index contributed by atoms with van der Waals surface area (Å²) in [5.74, 6) is 0.590. The van der Waals surface area contributed by atoms with Crippen LogP contribution in [-0.4, -0.2) is 25.2 Å². The molecule has 2 N–H and O–H groups in total. The number of ether oxygens (including phenoxy) is 2. The molecule has 1 aromatic carbocycles. The van der Waals surface area contributed by atoms with E-state index < -0.39 is 11.8 Å². The molecular weight excluding hydrogens is 308 g/mol. The highest BCUT2D eigenvalue weighted by molar-refractivity contribution is 6.35. The van der Waals surface area contributed by atoms with E-state index in [-0.39, 0.29) is 13.3 Å². The predicted octanol–water partition coefficient (Wildman–Crippen LogP) is 2.36. The maximum absolute atomic E-state index is 11.9. The second-order valence-corrected chi connectivity index (χ2v) is 6.00. The average Bonchev–Trinajstić information content (AvgIpc) is 3.07. The first-order valence-corrected chi connectivity index (χ1v) is 8.58. The fourth-order valence-corrected chi connectivity index (χ4v) is 2.57. The standard InChI is InChI=1S/C18H26N2O4/c1-3-5-6-13(4-2)10-19-17(21)18(22)20-11-14-7-8-15-16(9-14)24-12-23-15/h7-9,13H,3-6,10-12H2,1-2H3,(H,19,21)(H,20,22). The smallest absolute Gasteiger partial charge is 0.309 e. The summed E-state index contributed by atoms with van der Waals surface area (Å²) in [5, 5.41) is 5.35. The molecule has 2 amide bonds. The fourth-order valence-electron chi connectivity index (χ4n) is 2.57. The van der Waals surface area contributed by atoms with Crippen molar-refractivity contribution < 1.29 is 19.1 Å². The first-order chi connectivity index (χ1) is 11.6. The van der Waals surface area contributed by atoms with E-state index in [1.807, 2.05) is 6.07 Å². The van der Waals surface area contributed by atoms with Gasteiger partial charge in [-0.1, -0.05) is 39.2 Å². The minimum absolute atomic E-state index is 0.212. The van der Waals surface area contributed by atoms with Gasteiger partial charge in [0.05, 0.1) is 0 Å². The molecule has 1 heterocycles. The Bertz CT molecular complexity index is 574. The normalized spacial score (nSPS) is 13.4. The van der Waals surface area contributed by atoms with Gasteiger partial charge in [0.1, 0.15) is 0 Å². The molecule has 0 aromatic heterocycles. The highest BCUT2D eigenvalue weighted by atomic mass is 16.7. The summed E-state index contributed by atoms with van der Waals surface area (Å²) in [7, 11) is 0. The van der Waals surface area contributed by atoms with Gasteiger partial charge in [0.15, 0.2) is 11.5 Å². The minimum Gasteiger partial charge on any atom is -0.454 e. The van der Waals surface area contributed by atoms with Crippen molar-refractivity contribution in [2.24, 2.45) is 5.92 Å². The first-order valence-electron chi connectivity index (χ1n) is 8.58. The molecular formula is C18H26N2O4. The Kier molecular flexibility index (Phi) is 6.90. The Balaban J connectivity index is 1.74. The van der Waals surface area contributed by atoms with E-state index in [9.17, 15) is 9.59 Å². The van der Waals surface area contributed by atoms with Gasteiger partial charge in [-0.2, -0.15) is 0 Å². The van der Waals surface area contributed by atoms with Crippen molar-refractivity contribution in [2.75, 3.05) is 13.3 Å². The van der Waals surface area contributed by atoms with E-state index in [1.54, 1.807) is 12.1 Å². The number of amides is 2. The summed E-state index contributed by atoms with van der Waals surface area (Å²) in [4.78, 5) is 23.8. The topological polar surface area (TPSA) is 76.7 Å². The summed E-state index contributed by atoms with van der Waals surface area (Å²) in [6.45, 7) is 5.29. The lowest BCUT2D eigenvalue weighted by molar-refractivity contribution is -0.139. The fraction of sp³-hybridized carbons (Fsp3) is 0.556. The van der Waals surface area contributed by atoms with Crippen molar-refractivity contribution in [3.05, 3.63) is 23.8 Å². The van der Waals surface area contributed by atoms with Crippen molar-refractivity contribution in [3.8, 4) is 11.5 Å². The van der Waals surface area contributed by atoms with Crippen LogP contribution in [0.3, 0.4) is 0 Å². The lowest BCUT2D eigenvalue weighted by Crippen LogP contribution is -2.41. The van der Waals surface area contributed by atoms with Gasteiger partial charge >= 0.3 is 11.8 Å². The van der Waals surface area contributed by atoms with Gasteiger partial charge in [0, 0.05) is 13.1 Å². The first kappa shape index (κ1) is 18.1. The van der Waals surface area contributed by atoms with Crippen LogP contribution in [0, 0.1) is 5.92 Å². The molecule has 1 aromatic rings. The van der Waals surface area contributed by atoms with Crippen molar-refractivity contribution in [1.29, 1.82) is 0 Å². The van der Waals surface area contributed by atoms with Crippen molar-refractivity contribution in [1.82, 2.24) is 10.6 Å². The van der Waals surface area contributed by atoms with Crippen LogP contribution in [0.1, 0.15) is 45.1 Å². The van der Waals surface area contributed by atoms with Gasteiger partial charge in [-0.25, -0.2) is 0 Å². The number of unbranched alkanes of at least 4 members (excludes halogenated alkanes) is 1. The molecule has 1 atom stereocenters. The largest absolute Gasteiger partial charge is 0.454 e. The molecule has 0 saturated heterocycles. The van der Waals surface area contributed by atoms with E-state index in [0.717, 1.165) is 31.2 Å². The molecule has 6 heteroatoms. The molecule has 132 valence electrons. The Morgan fingerprint density at radius 1 is 1.12 bits per heavy atom. The zero-order valence-corrected chi connectivity index (χ0v) is 14.4. The molecule has 0 saturated carbocycles. The number of fused-ring (bicyclic) bond motifs is 1. The zero-order valence-electron chi connectivity index (χ0n) is 14.4. The van der Waals surface area contributed by atoms with Gasteiger partial charge in [-0.05, 0) is 30.0 Å². The highest BCUT2D eigenvalue weighted by Crippen LogP contribution is 2.32. The Labute approximate surface area is 142 Å². The van der Waals surface area contributed by atoms with E-state index in [4.69, 9.17) is 9.47 Å². The number of nitrogens with one attached hydrogen (secondary N) is 2. The van der Waals surface area contributed by atoms with Crippen LogP contribution in [0.5, 0.6) is 11.5 Å². The summed E-state index contributed by atoms with van der Waals surface area (Å²) in [6.07, 6.45) is 4.36. The van der Waals surface area contributed by atoms with Gasteiger partial charge < -0.3 is 20.1 Å². The SMILES string of the molecule is CCCCC(CC)CNC(=O)C(=O)NCc1ccc2c(c1)OCO2. The number of hydrogen-bond acceptors (Lipinski definition) is 4. The monoisotopic (exact) mass is 334 g/mol. The molecule has 1 aliphatic rings. The van der Waals surface area contributed by atoms with Crippen LogP contribution in [0.2, 0.25) is 0 Å². The van der Waals surface area contributed by atoms with Crippen LogP contribution >= 0.6 is 0 Å². The highest BCUT2D eigenvalue weighted by Gasteiger charge is 2.16. The zero-order chi connectivity index (χ0) is 17.4. The molecule has 0 radical (unpaired) electrons. The van der Waals surface area contributed by atoms with E-state index >= 15 is 0 Å². The molecule has 0 bridgehead atoms. The number of carbonyl (C=O) groups is 2. The quantitative estimate of drug-likeness (QED) is 0.716. The lowest BCUT2D eigenvalue weighted by atomic mass is 9.99. The van der Waals surface area contributed by atoms with Gasteiger partial charge in [0.25, 0.3) is 0 Å². The van der Waals surface area contributed by atoms with Crippen LogP contribution in [-0.2, 0) is 16.1 Å². The summed E-state index contributed by atoms with van der Waals surface area (Å²) >= 11 is 0. The van der Waals surface area contributed by atoms with Crippen LogP contribution in [0.4, 0.5) is 0 Å². The minimum atomic E-state index is -0.613. The second kappa shape index (κ2) is 9.15. The predicted molar refractivity (Wildman–Crippen MR) is 90.7 cm³/mol. The van der Waals surface area contributed by atoms with E-state index in [1.165, 1.54) is 0 Å². The number of benzene rings is 1. The van der Waals surface area contributed by atoms with Gasteiger partial charge in [0.2, 0.25) is 6.79 Å². The van der Waals surface area contributed by atoms with Crippen molar-refractivity contribution in [3.63, 3.8) is 0 Å². The molecule has 1 aliphatic heterocycles. The lowest BCUT2D eigenvalue weighted by Gasteiger charge is -2.15. The molecule has 1 unspecified atom stereocenters. The maximum atomic E-state index is 11.9. The summed E-state index contributed by atoms with van der Waals surface area (Å²) in [6, 6.07) is 5.44. The molecule has 6 nitrogen and oxygen atoms in total. The molecule has 0 fully saturated rings.